The summed E-state index contributed by atoms with van der Waals surface area (Å²) in [5.74, 6) is 1.59. The van der Waals surface area contributed by atoms with Gasteiger partial charge in [0.2, 0.25) is 0 Å². The van der Waals surface area contributed by atoms with Crippen LogP contribution in [0.25, 0.3) is 0 Å². The van der Waals surface area contributed by atoms with E-state index in [1.165, 1.54) is 43.5 Å². The van der Waals surface area contributed by atoms with Crippen LogP contribution in [-0.4, -0.2) is 31.1 Å². The van der Waals surface area contributed by atoms with Crippen LogP contribution in [0, 0.1) is 6.92 Å². The summed E-state index contributed by atoms with van der Waals surface area (Å²) in [7, 11) is 0. The Morgan fingerprint density at radius 2 is 1.89 bits per heavy atom. The number of nitrogens with zero attached hydrogens (tertiary/aromatic N) is 1. The first-order chi connectivity index (χ1) is 9.16. The van der Waals surface area contributed by atoms with Crippen molar-refractivity contribution in [1.82, 2.24) is 4.90 Å². The lowest BCUT2D eigenvalue weighted by molar-refractivity contribution is 0.182. The van der Waals surface area contributed by atoms with Crippen molar-refractivity contribution in [3.8, 4) is 5.75 Å². The van der Waals surface area contributed by atoms with Crippen molar-refractivity contribution in [1.29, 1.82) is 0 Å². The number of hydrogen-bond acceptors (Lipinski definition) is 2. The Bertz CT molecular complexity index is 394. The molecule has 1 saturated heterocycles. The van der Waals surface area contributed by atoms with Crippen molar-refractivity contribution >= 4 is 0 Å². The molecule has 0 atom stereocenters. The topological polar surface area (TPSA) is 12.5 Å². The van der Waals surface area contributed by atoms with E-state index in [9.17, 15) is 0 Å². The average molecular weight is 261 g/mol. The minimum atomic E-state index is 0.518. The van der Waals surface area contributed by atoms with Crippen molar-refractivity contribution in [2.75, 3.05) is 26.2 Å². The van der Waals surface area contributed by atoms with E-state index in [1.807, 2.05) is 0 Å². The van der Waals surface area contributed by atoms with Crippen molar-refractivity contribution in [2.45, 2.75) is 46.0 Å². The van der Waals surface area contributed by atoms with Crippen molar-refractivity contribution in [2.24, 2.45) is 0 Å². The molecule has 0 bridgehead atoms. The first kappa shape index (κ1) is 14.4. The van der Waals surface area contributed by atoms with Gasteiger partial charge in [-0.3, -0.25) is 4.90 Å². The Morgan fingerprint density at radius 1 is 1.16 bits per heavy atom. The van der Waals surface area contributed by atoms with Gasteiger partial charge in [-0.2, -0.15) is 0 Å². The normalized spacial score (nSPS) is 16.8. The molecule has 0 unspecified atom stereocenters. The zero-order chi connectivity index (χ0) is 13.7. The molecule has 0 amide bonds. The van der Waals surface area contributed by atoms with Crippen LogP contribution < -0.4 is 4.74 Å². The van der Waals surface area contributed by atoms with Crippen LogP contribution in [0.3, 0.4) is 0 Å². The maximum atomic E-state index is 6.01. The van der Waals surface area contributed by atoms with Gasteiger partial charge in [0.05, 0.1) is 0 Å². The molecule has 19 heavy (non-hydrogen) atoms. The molecule has 1 aliphatic rings. The Kier molecular flexibility index (Phi) is 5.26. The van der Waals surface area contributed by atoms with E-state index in [1.54, 1.807) is 0 Å². The van der Waals surface area contributed by atoms with Crippen LogP contribution in [0.5, 0.6) is 5.75 Å². The van der Waals surface area contributed by atoms with E-state index >= 15 is 0 Å². The van der Waals surface area contributed by atoms with Crippen LogP contribution in [0.15, 0.2) is 18.2 Å². The van der Waals surface area contributed by atoms with Gasteiger partial charge in [0.1, 0.15) is 12.4 Å². The van der Waals surface area contributed by atoms with Gasteiger partial charge in [-0.15, -0.1) is 0 Å². The fourth-order valence-electron chi connectivity index (χ4n) is 2.72. The number of aryl methyl sites for hydroxylation is 1. The lowest BCUT2D eigenvalue weighted by atomic mass is 10.00. The summed E-state index contributed by atoms with van der Waals surface area (Å²) in [6.07, 6.45) is 4.09. The number of benzene rings is 1. The van der Waals surface area contributed by atoms with Crippen LogP contribution in [0.2, 0.25) is 0 Å². The summed E-state index contributed by atoms with van der Waals surface area (Å²) in [5, 5.41) is 0. The summed E-state index contributed by atoms with van der Waals surface area (Å²) in [5.41, 5.74) is 2.64. The highest BCUT2D eigenvalue weighted by atomic mass is 16.5. The molecule has 0 saturated carbocycles. The number of rotatable bonds is 5. The van der Waals surface area contributed by atoms with Gasteiger partial charge < -0.3 is 4.74 Å². The smallest absolute Gasteiger partial charge is 0.122 e. The summed E-state index contributed by atoms with van der Waals surface area (Å²) < 4.78 is 6.01. The molecule has 0 N–H and O–H groups in total. The molecule has 2 nitrogen and oxygen atoms in total. The molecule has 0 aromatic heterocycles. The molecule has 1 fully saturated rings. The molecular formula is C17H27NO. The van der Waals surface area contributed by atoms with Gasteiger partial charge in [-0.25, -0.2) is 0 Å². The lowest BCUT2D eigenvalue weighted by Crippen LogP contribution is -2.33. The molecular weight excluding hydrogens is 234 g/mol. The van der Waals surface area contributed by atoms with E-state index < -0.39 is 0 Å². The van der Waals surface area contributed by atoms with E-state index in [-0.39, 0.29) is 0 Å². The summed E-state index contributed by atoms with van der Waals surface area (Å²) >= 11 is 0. The summed E-state index contributed by atoms with van der Waals surface area (Å²) in [6, 6.07) is 6.52. The Balaban J connectivity index is 1.88. The molecule has 106 valence electrons. The highest BCUT2D eigenvalue weighted by Gasteiger charge is 2.11. The fraction of sp³-hybridized carbons (Fsp3) is 0.647. The number of likely N-dealkylation sites (tertiary alicyclic amines) is 1. The third-order valence-corrected chi connectivity index (χ3v) is 3.90. The SMILES string of the molecule is Cc1ccc(OCCN2CCCCC2)c(C(C)C)c1. The first-order valence-electron chi connectivity index (χ1n) is 7.62. The molecule has 1 heterocycles. The predicted molar refractivity (Wildman–Crippen MR) is 81.1 cm³/mol. The van der Waals surface area contributed by atoms with Gasteiger partial charge in [0.15, 0.2) is 0 Å². The van der Waals surface area contributed by atoms with Gasteiger partial charge in [0.25, 0.3) is 0 Å². The second-order valence-electron chi connectivity index (χ2n) is 5.95. The molecule has 1 aliphatic heterocycles. The van der Waals surface area contributed by atoms with E-state index in [0.717, 1.165) is 18.9 Å². The van der Waals surface area contributed by atoms with Crippen molar-refractivity contribution in [3.63, 3.8) is 0 Å². The van der Waals surface area contributed by atoms with Crippen LogP contribution >= 0.6 is 0 Å². The zero-order valence-electron chi connectivity index (χ0n) is 12.6. The molecule has 2 heteroatoms. The number of hydrogen-bond donors (Lipinski definition) is 0. The Labute approximate surface area is 117 Å². The van der Waals surface area contributed by atoms with Gasteiger partial charge in [-0.1, -0.05) is 38.0 Å². The zero-order valence-corrected chi connectivity index (χ0v) is 12.6. The first-order valence-corrected chi connectivity index (χ1v) is 7.62. The maximum absolute atomic E-state index is 6.01. The van der Waals surface area contributed by atoms with Crippen molar-refractivity contribution < 1.29 is 4.74 Å². The number of ether oxygens (including phenoxy) is 1. The van der Waals surface area contributed by atoms with Crippen LogP contribution in [-0.2, 0) is 0 Å². The number of piperidine rings is 1. The fourth-order valence-corrected chi connectivity index (χ4v) is 2.72. The largest absolute Gasteiger partial charge is 0.492 e. The van der Waals surface area contributed by atoms with Gasteiger partial charge in [0, 0.05) is 6.54 Å². The highest BCUT2D eigenvalue weighted by Crippen LogP contribution is 2.27. The molecule has 0 spiro atoms. The quantitative estimate of drug-likeness (QED) is 0.795. The Hall–Kier alpha value is -1.02. The van der Waals surface area contributed by atoms with Crippen LogP contribution in [0.1, 0.15) is 50.2 Å². The second kappa shape index (κ2) is 6.95. The molecule has 1 aromatic rings. The average Bonchev–Trinajstić information content (AvgIpc) is 2.41. The molecule has 0 aliphatic carbocycles. The highest BCUT2D eigenvalue weighted by molar-refractivity contribution is 5.38. The van der Waals surface area contributed by atoms with Gasteiger partial charge >= 0.3 is 0 Å². The Morgan fingerprint density at radius 3 is 2.58 bits per heavy atom. The maximum Gasteiger partial charge on any atom is 0.122 e. The molecule has 1 aromatic carbocycles. The molecule has 2 rings (SSSR count). The minimum absolute atomic E-state index is 0.518. The monoisotopic (exact) mass is 261 g/mol. The lowest BCUT2D eigenvalue weighted by Gasteiger charge is -2.26. The van der Waals surface area contributed by atoms with E-state index in [4.69, 9.17) is 4.74 Å². The second-order valence-corrected chi connectivity index (χ2v) is 5.95. The van der Waals surface area contributed by atoms with E-state index in [0.29, 0.717) is 5.92 Å². The predicted octanol–water partition coefficient (Wildman–Crippen LogP) is 3.98. The molecule has 0 radical (unpaired) electrons. The third-order valence-electron chi connectivity index (χ3n) is 3.90. The van der Waals surface area contributed by atoms with Crippen molar-refractivity contribution in [3.05, 3.63) is 29.3 Å². The minimum Gasteiger partial charge on any atom is -0.492 e. The van der Waals surface area contributed by atoms with Crippen LogP contribution in [0.4, 0.5) is 0 Å². The summed E-state index contributed by atoms with van der Waals surface area (Å²) in [6.45, 7) is 11.0. The van der Waals surface area contributed by atoms with E-state index in [2.05, 4.69) is 43.9 Å². The summed E-state index contributed by atoms with van der Waals surface area (Å²) in [4.78, 5) is 2.52. The van der Waals surface area contributed by atoms with Gasteiger partial charge in [-0.05, 0) is 50.4 Å². The standard InChI is InChI=1S/C17H27NO/c1-14(2)16-13-15(3)7-8-17(16)19-12-11-18-9-5-4-6-10-18/h7-8,13-14H,4-6,9-12H2,1-3H3. The third kappa shape index (κ3) is 4.24.